The molecule has 1 aliphatic rings. The average molecular weight is 262 g/mol. The number of benzene rings is 1. The zero-order chi connectivity index (χ0) is 13.9. The Morgan fingerprint density at radius 3 is 2.95 bits per heavy atom. The summed E-state index contributed by atoms with van der Waals surface area (Å²) < 4.78 is 5.80. The summed E-state index contributed by atoms with van der Waals surface area (Å²) in [6.07, 6.45) is 1.04. The third-order valence-electron chi connectivity index (χ3n) is 3.66. The lowest BCUT2D eigenvalue weighted by Crippen LogP contribution is -2.42. The molecule has 1 unspecified atom stereocenters. The first-order valence-corrected chi connectivity index (χ1v) is 6.71. The van der Waals surface area contributed by atoms with E-state index in [1.165, 1.54) is 11.1 Å². The molecule has 2 rings (SSSR count). The second-order valence-corrected chi connectivity index (χ2v) is 5.69. The minimum atomic E-state index is -0.534. The van der Waals surface area contributed by atoms with Crippen molar-refractivity contribution in [3.05, 3.63) is 35.4 Å². The van der Waals surface area contributed by atoms with Gasteiger partial charge in [0, 0.05) is 13.1 Å². The van der Waals surface area contributed by atoms with Crippen LogP contribution < -0.4 is 11.1 Å². The Labute approximate surface area is 114 Å². The van der Waals surface area contributed by atoms with E-state index in [9.17, 15) is 4.79 Å². The van der Waals surface area contributed by atoms with Crippen LogP contribution in [0.4, 0.5) is 0 Å². The maximum absolute atomic E-state index is 11.3. The molecule has 1 amide bonds. The van der Waals surface area contributed by atoms with Gasteiger partial charge in [-0.1, -0.05) is 24.3 Å². The second-order valence-electron chi connectivity index (χ2n) is 5.69. The van der Waals surface area contributed by atoms with Crippen LogP contribution in [0.1, 0.15) is 31.1 Å². The predicted molar refractivity (Wildman–Crippen MR) is 74.7 cm³/mol. The van der Waals surface area contributed by atoms with E-state index >= 15 is 0 Å². The molecule has 1 aliphatic heterocycles. The van der Waals surface area contributed by atoms with Gasteiger partial charge in [0.05, 0.1) is 18.1 Å². The van der Waals surface area contributed by atoms with Crippen LogP contribution in [0.2, 0.25) is 0 Å². The van der Waals surface area contributed by atoms with E-state index in [-0.39, 0.29) is 12.0 Å². The van der Waals surface area contributed by atoms with Crippen LogP contribution >= 0.6 is 0 Å². The Kier molecular flexibility index (Phi) is 4.22. The number of nitrogens with one attached hydrogen (secondary N) is 1. The molecule has 0 radical (unpaired) electrons. The molecule has 0 saturated heterocycles. The van der Waals surface area contributed by atoms with Crippen LogP contribution in [-0.4, -0.2) is 25.6 Å². The van der Waals surface area contributed by atoms with Crippen LogP contribution in [0.5, 0.6) is 0 Å². The predicted octanol–water partition coefficient (Wildman–Crippen LogP) is 1.40. The van der Waals surface area contributed by atoms with Crippen LogP contribution in [0.15, 0.2) is 24.3 Å². The molecule has 4 nitrogen and oxygen atoms in total. The van der Waals surface area contributed by atoms with Gasteiger partial charge >= 0.3 is 0 Å². The summed E-state index contributed by atoms with van der Waals surface area (Å²) in [6.45, 7) is 5.71. The van der Waals surface area contributed by atoms with Crippen molar-refractivity contribution >= 4 is 5.91 Å². The highest BCUT2D eigenvalue weighted by Gasteiger charge is 2.26. The van der Waals surface area contributed by atoms with E-state index < -0.39 is 5.41 Å². The number of carbonyl (C=O) groups is 1. The van der Waals surface area contributed by atoms with E-state index in [1.807, 2.05) is 19.9 Å². The topological polar surface area (TPSA) is 64.3 Å². The number of hydrogen-bond acceptors (Lipinski definition) is 3. The first-order chi connectivity index (χ1) is 9.00. The molecule has 1 aromatic rings. The number of fused-ring (bicyclic) bond motifs is 1. The number of rotatable bonds is 5. The maximum Gasteiger partial charge on any atom is 0.224 e. The summed E-state index contributed by atoms with van der Waals surface area (Å²) in [5.74, 6) is -0.287. The maximum atomic E-state index is 11.3. The van der Waals surface area contributed by atoms with Crippen LogP contribution in [0.3, 0.4) is 0 Å². The van der Waals surface area contributed by atoms with Gasteiger partial charge in [0.25, 0.3) is 0 Å². The molecule has 1 heterocycles. The molecule has 1 atom stereocenters. The fourth-order valence-corrected chi connectivity index (χ4v) is 2.25. The number of ether oxygens (including phenoxy) is 1. The lowest BCUT2D eigenvalue weighted by atomic mass is 9.92. The monoisotopic (exact) mass is 262 g/mol. The number of hydrogen-bond donors (Lipinski definition) is 2. The van der Waals surface area contributed by atoms with Crippen LogP contribution in [-0.2, 0) is 16.0 Å². The normalized spacial score (nSPS) is 18.9. The summed E-state index contributed by atoms with van der Waals surface area (Å²) in [7, 11) is 0. The molecule has 4 heteroatoms. The van der Waals surface area contributed by atoms with Crippen molar-refractivity contribution in [2.75, 3.05) is 19.7 Å². The summed E-state index contributed by atoms with van der Waals surface area (Å²) >= 11 is 0. The van der Waals surface area contributed by atoms with E-state index in [0.717, 1.165) is 13.0 Å². The number of carbonyl (C=O) groups excluding carboxylic acids is 1. The minimum Gasteiger partial charge on any atom is -0.372 e. The van der Waals surface area contributed by atoms with Crippen molar-refractivity contribution < 1.29 is 9.53 Å². The Bertz CT molecular complexity index is 457. The highest BCUT2D eigenvalue weighted by Crippen LogP contribution is 2.26. The van der Waals surface area contributed by atoms with Gasteiger partial charge in [-0.15, -0.1) is 0 Å². The molecule has 0 saturated carbocycles. The quantitative estimate of drug-likeness (QED) is 0.843. The van der Waals surface area contributed by atoms with Crippen molar-refractivity contribution in [1.82, 2.24) is 5.32 Å². The lowest BCUT2D eigenvalue weighted by molar-refractivity contribution is -0.125. The Hall–Kier alpha value is -1.39. The molecule has 104 valence electrons. The Balaban J connectivity index is 1.93. The third-order valence-corrected chi connectivity index (χ3v) is 3.66. The van der Waals surface area contributed by atoms with Crippen molar-refractivity contribution in [3.63, 3.8) is 0 Å². The summed E-state index contributed by atoms with van der Waals surface area (Å²) in [5, 5.41) is 3.29. The van der Waals surface area contributed by atoms with Gasteiger partial charge in [-0.2, -0.15) is 0 Å². The zero-order valence-corrected chi connectivity index (χ0v) is 11.6. The fraction of sp³-hybridized carbons (Fsp3) is 0.533. The molecular formula is C15H22N2O2. The first-order valence-electron chi connectivity index (χ1n) is 6.71. The Morgan fingerprint density at radius 2 is 2.21 bits per heavy atom. The van der Waals surface area contributed by atoms with E-state index in [4.69, 9.17) is 10.5 Å². The highest BCUT2D eigenvalue weighted by atomic mass is 16.5. The van der Waals surface area contributed by atoms with E-state index in [1.54, 1.807) is 0 Å². The number of amides is 1. The van der Waals surface area contributed by atoms with Gasteiger partial charge in [-0.25, -0.2) is 0 Å². The molecular weight excluding hydrogens is 240 g/mol. The van der Waals surface area contributed by atoms with Gasteiger partial charge in [0.1, 0.15) is 0 Å². The SMILES string of the molecule is CC(C)(CNCC1OCCc2ccccc21)C(N)=O. The van der Waals surface area contributed by atoms with Crippen LogP contribution in [0.25, 0.3) is 0 Å². The molecule has 1 aromatic carbocycles. The molecule has 0 fully saturated rings. The van der Waals surface area contributed by atoms with Gasteiger partial charge in [0.2, 0.25) is 5.91 Å². The first kappa shape index (κ1) is 14.0. The second kappa shape index (κ2) is 5.72. The molecule has 0 aromatic heterocycles. The number of nitrogens with two attached hydrogens (primary N) is 1. The molecule has 3 N–H and O–H groups in total. The smallest absolute Gasteiger partial charge is 0.224 e. The van der Waals surface area contributed by atoms with Gasteiger partial charge in [-0.3, -0.25) is 4.79 Å². The molecule has 0 bridgehead atoms. The van der Waals surface area contributed by atoms with Crippen molar-refractivity contribution in [1.29, 1.82) is 0 Å². The standard InChI is InChI=1S/C15H22N2O2/c1-15(2,14(16)18)10-17-9-13-12-6-4-3-5-11(12)7-8-19-13/h3-6,13,17H,7-10H2,1-2H3,(H2,16,18). The molecule has 19 heavy (non-hydrogen) atoms. The van der Waals surface area contributed by atoms with Crippen molar-refractivity contribution in [2.24, 2.45) is 11.1 Å². The summed E-state index contributed by atoms with van der Waals surface area (Å²) in [6, 6.07) is 8.36. The van der Waals surface area contributed by atoms with Crippen molar-refractivity contribution in [2.45, 2.75) is 26.4 Å². The van der Waals surface area contributed by atoms with Crippen molar-refractivity contribution in [3.8, 4) is 0 Å². The van der Waals surface area contributed by atoms with Crippen LogP contribution in [0, 0.1) is 5.41 Å². The third kappa shape index (κ3) is 3.33. The van der Waals surface area contributed by atoms with Gasteiger partial charge in [0.15, 0.2) is 0 Å². The summed E-state index contributed by atoms with van der Waals surface area (Å²) in [5.41, 5.74) is 7.43. The molecule has 0 spiro atoms. The van der Waals surface area contributed by atoms with E-state index in [0.29, 0.717) is 13.1 Å². The minimum absolute atomic E-state index is 0.0635. The zero-order valence-electron chi connectivity index (χ0n) is 11.6. The van der Waals surface area contributed by atoms with Gasteiger partial charge in [-0.05, 0) is 31.4 Å². The average Bonchev–Trinajstić information content (AvgIpc) is 2.38. The van der Waals surface area contributed by atoms with E-state index in [2.05, 4.69) is 23.5 Å². The number of primary amides is 1. The van der Waals surface area contributed by atoms with Gasteiger partial charge < -0.3 is 15.8 Å². The Morgan fingerprint density at radius 1 is 1.47 bits per heavy atom. The largest absolute Gasteiger partial charge is 0.372 e. The fourth-order valence-electron chi connectivity index (χ4n) is 2.25. The molecule has 0 aliphatic carbocycles. The summed E-state index contributed by atoms with van der Waals surface area (Å²) in [4.78, 5) is 11.3. The highest BCUT2D eigenvalue weighted by molar-refractivity contribution is 5.80. The lowest BCUT2D eigenvalue weighted by Gasteiger charge is -2.28.